The van der Waals surface area contributed by atoms with E-state index in [1.165, 1.54) is 29.0 Å². The lowest BCUT2D eigenvalue weighted by molar-refractivity contribution is 0.594. The summed E-state index contributed by atoms with van der Waals surface area (Å²) in [6, 6.07) is 5.50. The first kappa shape index (κ1) is 11.1. The van der Waals surface area contributed by atoms with Crippen LogP contribution in [0.4, 0.5) is 10.1 Å². The number of benzene rings is 1. The summed E-state index contributed by atoms with van der Waals surface area (Å²) in [4.78, 5) is 24.4. The Labute approximate surface area is 95.3 Å². The largest absolute Gasteiger partial charge is 0.398 e. The maximum Gasteiger partial charge on any atom is 0.328 e. The van der Waals surface area contributed by atoms with Crippen LogP contribution in [0.25, 0.3) is 0 Å². The fourth-order valence-electron chi connectivity index (χ4n) is 1.48. The number of hydrogen-bond donors (Lipinski definition) is 2. The molecule has 0 unspecified atom stereocenters. The van der Waals surface area contributed by atoms with Crippen molar-refractivity contribution in [3.05, 3.63) is 62.7 Å². The van der Waals surface area contributed by atoms with Crippen LogP contribution < -0.4 is 17.0 Å². The van der Waals surface area contributed by atoms with Gasteiger partial charge in [-0.05, 0) is 12.1 Å². The van der Waals surface area contributed by atoms with Gasteiger partial charge < -0.3 is 5.73 Å². The van der Waals surface area contributed by atoms with Crippen LogP contribution in [0.1, 0.15) is 5.56 Å². The Morgan fingerprint density at radius 3 is 2.71 bits per heavy atom. The van der Waals surface area contributed by atoms with Crippen molar-refractivity contribution in [2.45, 2.75) is 6.54 Å². The third-order valence-electron chi connectivity index (χ3n) is 2.38. The number of rotatable bonds is 2. The Kier molecular flexibility index (Phi) is 2.78. The normalized spacial score (nSPS) is 10.4. The van der Waals surface area contributed by atoms with E-state index in [0.29, 0.717) is 0 Å². The van der Waals surface area contributed by atoms with E-state index in [1.807, 2.05) is 0 Å². The zero-order valence-electron chi connectivity index (χ0n) is 8.81. The van der Waals surface area contributed by atoms with E-state index in [0.717, 1.165) is 0 Å². The third-order valence-corrected chi connectivity index (χ3v) is 2.38. The van der Waals surface area contributed by atoms with Gasteiger partial charge in [-0.2, -0.15) is 0 Å². The predicted molar refractivity (Wildman–Crippen MR) is 61.2 cm³/mol. The number of aromatic nitrogens is 2. The summed E-state index contributed by atoms with van der Waals surface area (Å²) in [6.45, 7) is -0.0197. The molecule has 2 aromatic rings. The lowest BCUT2D eigenvalue weighted by Gasteiger charge is -2.08. The molecule has 0 saturated carbocycles. The molecule has 0 aliphatic carbocycles. The number of H-pyrrole nitrogens is 1. The number of halogens is 1. The van der Waals surface area contributed by atoms with Crippen LogP contribution in [0.5, 0.6) is 0 Å². The van der Waals surface area contributed by atoms with Crippen LogP contribution in [0.2, 0.25) is 0 Å². The van der Waals surface area contributed by atoms with Crippen LogP contribution in [-0.4, -0.2) is 9.55 Å². The zero-order chi connectivity index (χ0) is 12.4. The van der Waals surface area contributed by atoms with Crippen molar-refractivity contribution < 1.29 is 4.39 Å². The van der Waals surface area contributed by atoms with Crippen molar-refractivity contribution in [3.63, 3.8) is 0 Å². The van der Waals surface area contributed by atoms with E-state index in [4.69, 9.17) is 5.73 Å². The lowest BCUT2D eigenvalue weighted by Crippen LogP contribution is -2.29. The minimum Gasteiger partial charge on any atom is -0.398 e. The smallest absolute Gasteiger partial charge is 0.328 e. The SMILES string of the molecule is Nc1cccc(F)c1Cn1ccc(=O)[nH]c1=O. The van der Waals surface area contributed by atoms with Crippen LogP contribution in [0, 0.1) is 5.82 Å². The number of nitrogens with two attached hydrogens (primary N) is 1. The fourth-order valence-corrected chi connectivity index (χ4v) is 1.48. The number of nitrogens with zero attached hydrogens (tertiary/aromatic N) is 1. The molecule has 0 aliphatic rings. The molecule has 17 heavy (non-hydrogen) atoms. The fraction of sp³-hybridized carbons (Fsp3) is 0.0909. The van der Waals surface area contributed by atoms with Gasteiger partial charge in [0.2, 0.25) is 0 Å². The molecular formula is C11H10FN3O2. The second-order valence-corrected chi connectivity index (χ2v) is 3.55. The van der Waals surface area contributed by atoms with Gasteiger partial charge in [0.1, 0.15) is 5.82 Å². The van der Waals surface area contributed by atoms with Gasteiger partial charge in [-0.3, -0.25) is 14.3 Å². The quantitative estimate of drug-likeness (QED) is 0.735. The summed E-state index contributed by atoms with van der Waals surface area (Å²) in [5, 5.41) is 0. The standard InChI is InChI=1S/C11H10FN3O2/c12-8-2-1-3-9(13)7(8)6-15-5-4-10(16)14-11(15)17/h1-5H,6,13H2,(H,14,16,17). The van der Waals surface area contributed by atoms with Crippen LogP contribution in [0.3, 0.4) is 0 Å². The second-order valence-electron chi connectivity index (χ2n) is 3.55. The van der Waals surface area contributed by atoms with Crippen molar-refractivity contribution >= 4 is 5.69 Å². The van der Waals surface area contributed by atoms with Crippen molar-refractivity contribution in [1.82, 2.24) is 9.55 Å². The average molecular weight is 235 g/mol. The molecule has 1 aromatic carbocycles. The minimum atomic E-state index is -0.597. The Morgan fingerprint density at radius 1 is 1.29 bits per heavy atom. The predicted octanol–water partition coefficient (Wildman–Crippen LogP) is 0.306. The molecule has 0 fully saturated rings. The van der Waals surface area contributed by atoms with Gasteiger partial charge in [0.05, 0.1) is 6.54 Å². The molecule has 6 heteroatoms. The van der Waals surface area contributed by atoms with Crippen molar-refractivity contribution in [2.24, 2.45) is 0 Å². The number of nitrogen functional groups attached to an aromatic ring is 1. The topological polar surface area (TPSA) is 80.9 Å². The molecule has 0 saturated heterocycles. The average Bonchev–Trinajstić information content (AvgIpc) is 2.26. The molecule has 5 nitrogen and oxygen atoms in total. The molecule has 0 aliphatic heterocycles. The van der Waals surface area contributed by atoms with Gasteiger partial charge in [0.25, 0.3) is 5.56 Å². The van der Waals surface area contributed by atoms with E-state index in [-0.39, 0.29) is 17.8 Å². The summed E-state index contributed by atoms with van der Waals surface area (Å²) in [5.41, 5.74) is 5.02. The zero-order valence-corrected chi connectivity index (χ0v) is 8.81. The summed E-state index contributed by atoms with van der Waals surface area (Å²) in [7, 11) is 0. The van der Waals surface area contributed by atoms with Gasteiger partial charge in [-0.25, -0.2) is 9.18 Å². The molecule has 0 radical (unpaired) electrons. The van der Waals surface area contributed by atoms with Crippen molar-refractivity contribution in [1.29, 1.82) is 0 Å². The Balaban J connectivity index is 2.45. The van der Waals surface area contributed by atoms with E-state index < -0.39 is 17.1 Å². The Bertz CT molecular complexity index is 640. The summed E-state index contributed by atoms with van der Waals surface area (Å²) in [6.07, 6.45) is 1.30. The van der Waals surface area contributed by atoms with E-state index in [9.17, 15) is 14.0 Å². The number of anilines is 1. The van der Waals surface area contributed by atoms with Gasteiger partial charge in [0.15, 0.2) is 0 Å². The highest BCUT2D eigenvalue weighted by atomic mass is 19.1. The molecule has 0 spiro atoms. The first-order valence-electron chi connectivity index (χ1n) is 4.90. The van der Waals surface area contributed by atoms with Crippen LogP contribution >= 0.6 is 0 Å². The maximum absolute atomic E-state index is 13.5. The molecule has 1 heterocycles. The van der Waals surface area contributed by atoms with Gasteiger partial charge in [0, 0.05) is 23.5 Å². The second kappa shape index (κ2) is 4.25. The van der Waals surface area contributed by atoms with E-state index in [2.05, 4.69) is 4.98 Å². The van der Waals surface area contributed by atoms with Crippen molar-refractivity contribution in [2.75, 3.05) is 5.73 Å². The third kappa shape index (κ3) is 2.25. The summed E-state index contributed by atoms with van der Waals surface area (Å²) in [5.74, 6) is -0.483. The lowest BCUT2D eigenvalue weighted by atomic mass is 10.1. The molecule has 2 rings (SSSR count). The molecule has 88 valence electrons. The maximum atomic E-state index is 13.5. The monoisotopic (exact) mass is 235 g/mol. The highest BCUT2D eigenvalue weighted by molar-refractivity contribution is 5.47. The molecular weight excluding hydrogens is 225 g/mol. The summed E-state index contributed by atoms with van der Waals surface area (Å²) < 4.78 is 14.7. The molecule has 0 amide bonds. The van der Waals surface area contributed by atoms with E-state index in [1.54, 1.807) is 6.07 Å². The minimum absolute atomic E-state index is 0.0197. The number of nitrogens with one attached hydrogen (secondary N) is 1. The number of aromatic amines is 1. The molecule has 1 aromatic heterocycles. The molecule has 0 bridgehead atoms. The van der Waals surface area contributed by atoms with Crippen molar-refractivity contribution in [3.8, 4) is 0 Å². The van der Waals surface area contributed by atoms with Crippen LogP contribution in [-0.2, 0) is 6.54 Å². The Morgan fingerprint density at radius 2 is 2.06 bits per heavy atom. The van der Waals surface area contributed by atoms with Gasteiger partial charge in [-0.15, -0.1) is 0 Å². The number of hydrogen-bond acceptors (Lipinski definition) is 3. The van der Waals surface area contributed by atoms with E-state index >= 15 is 0 Å². The summed E-state index contributed by atoms with van der Waals surface area (Å²) >= 11 is 0. The van der Waals surface area contributed by atoms with Crippen LogP contribution in [0.15, 0.2) is 40.1 Å². The van der Waals surface area contributed by atoms with Gasteiger partial charge in [-0.1, -0.05) is 6.07 Å². The highest BCUT2D eigenvalue weighted by Gasteiger charge is 2.07. The van der Waals surface area contributed by atoms with Gasteiger partial charge >= 0.3 is 5.69 Å². The first-order valence-corrected chi connectivity index (χ1v) is 4.90. The molecule has 3 N–H and O–H groups in total. The molecule has 0 atom stereocenters. The Hall–Kier alpha value is -2.37. The first-order chi connectivity index (χ1) is 8.08. The highest BCUT2D eigenvalue weighted by Crippen LogP contribution is 2.15.